The molecule has 1 aliphatic rings. The van der Waals surface area contributed by atoms with Crippen LogP contribution in [0.5, 0.6) is 0 Å². The molecule has 1 unspecified atom stereocenters. The van der Waals surface area contributed by atoms with Gasteiger partial charge in [0.1, 0.15) is 0 Å². The molecular weight excluding hydrogens is 457 g/mol. The number of halogens is 1. The number of hydrogen-bond acceptors (Lipinski definition) is 3. The van der Waals surface area contributed by atoms with Crippen LogP contribution in [-0.4, -0.2) is 45.0 Å². The molecule has 7 heteroatoms. The third kappa shape index (κ3) is 3.31. The summed E-state index contributed by atoms with van der Waals surface area (Å²) in [5.74, 6) is -0.402. The van der Waals surface area contributed by atoms with Crippen LogP contribution in [0.1, 0.15) is 16.8 Å². The Morgan fingerprint density at radius 3 is 2.38 bits per heavy atom. The summed E-state index contributed by atoms with van der Waals surface area (Å²) in [6.07, 6.45) is 0.605. The molecule has 24 heavy (non-hydrogen) atoms. The van der Waals surface area contributed by atoms with Crippen LogP contribution in [0, 0.1) is 0 Å². The Hall–Kier alpha value is -1.14. The molecule has 4 nitrogen and oxygen atoms in total. The molecule has 0 N–H and O–H groups in total. The third-order valence-corrected chi connectivity index (χ3v) is 8.59. The van der Waals surface area contributed by atoms with Gasteiger partial charge in [0.2, 0.25) is 0 Å². The predicted octanol–water partition coefficient (Wildman–Crippen LogP) is 2.43. The molecule has 2 aromatic rings. The van der Waals surface area contributed by atoms with E-state index in [2.05, 4.69) is 15.9 Å². The second kappa shape index (κ2) is 7.40. The SMILES string of the molecule is O=C1c2ccccc2S(=O)(=O)N1C(CCBr)C[Se]c1ccccc1. The van der Waals surface area contributed by atoms with Gasteiger partial charge in [-0.15, -0.1) is 0 Å². The van der Waals surface area contributed by atoms with Crippen molar-refractivity contribution in [1.29, 1.82) is 0 Å². The fourth-order valence-corrected chi connectivity index (χ4v) is 7.40. The van der Waals surface area contributed by atoms with Gasteiger partial charge in [-0.05, 0) is 0 Å². The van der Waals surface area contributed by atoms with Gasteiger partial charge in [-0.2, -0.15) is 0 Å². The van der Waals surface area contributed by atoms with Crippen molar-refractivity contribution in [2.24, 2.45) is 0 Å². The van der Waals surface area contributed by atoms with Gasteiger partial charge >= 0.3 is 157 Å². The first-order valence-electron chi connectivity index (χ1n) is 7.47. The van der Waals surface area contributed by atoms with E-state index in [0.717, 1.165) is 4.31 Å². The first kappa shape index (κ1) is 17.7. The molecule has 0 aromatic heterocycles. The summed E-state index contributed by atoms with van der Waals surface area (Å²) < 4.78 is 27.9. The van der Waals surface area contributed by atoms with Crippen LogP contribution in [0.2, 0.25) is 5.32 Å². The summed E-state index contributed by atoms with van der Waals surface area (Å²) in [7, 11) is -3.75. The Morgan fingerprint density at radius 2 is 1.71 bits per heavy atom. The second-order valence-electron chi connectivity index (χ2n) is 5.36. The molecule has 1 aliphatic heterocycles. The Morgan fingerprint density at radius 1 is 1.04 bits per heavy atom. The van der Waals surface area contributed by atoms with Gasteiger partial charge in [-0.3, -0.25) is 0 Å². The Balaban J connectivity index is 1.88. The molecule has 0 saturated carbocycles. The third-order valence-electron chi connectivity index (χ3n) is 3.81. The van der Waals surface area contributed by atoms with Gasteiger partial charge in [0.15, 0.2) is 0 Å². The van der Waals surface area contributed by atoms with E-state index in [0.29, 0.717) is 17.1 Å². The molecule has 1 atom stereocenters. The van der Waals surface area contributed by atoms with Crippen molar-refractivity contribution in [3.8, 4) is 0 Å². The van der Waals surface area contributed by atoms with Gasteiger partial charge in [-0.25, -0.2) is 0 Å². The summed E-state index contributed by atoms with van der Waals surface area (Å²) in [6.45, 7) is 0. The summed E-state index contributed by atoms with van der Waals surface area (Å²) in [4.78, 5) is 12.8. The number of alkyl halides is 1. The minimum atomic E-state index is -3.75. The van der Waals surface area contributed by atoms with Crippen molar-refractivity contribution < 1.29 is 13.2 Å². The number of amides is 1. The van der Waals surface area contributed by atoms with Crippen molar-refractivity contribution in [3.63, 3.8) is 0 Å². The Kier molecular flexibility index (Phi) is 5.45. The molecule has 1 heterocycles. The fourth-order valence-electron chi connectivity index (χ4n) is 2.67. The molecular formula is C17H16BrNO3SSe. The van der Waals surface area contributed by atoms with Crippen molar-refractivity contribution in [3.05, 3.63) is 60.2 Å². The standard InChI is InChI=1S/C17H16BrNO3SSe/c18-11-10-13(12-24-14-6-2-1-3-7-14)19-17(20)15-8-4-5-9-16(15)23(19,21)22/h1-9,13H,10-12H2. The van der Waals surface area contributed by atoms with E-state index in [4.69, 9.17) is 0 Å². The van der Waals surface area contributed by atoms with Crippen LogP contribution < -0.4 is 4.46 Å². The maximum atomic E-state index is 12.8. The summed E-state index contributed by atoms with van der Waals surface area (Å²) in [5.41, 5.74) is 0.282. The van der Waals surface area contributed by atoms with Crippen LogP contribution in [0.25, 0.3) is 0 Å². The molecule has 0 spiro atoms. The predicted molar refractivity (Wildman–Crippen MR) is 98.6 cm³/mol. The molecule has 1 amide bonds. The van der Waals surface area contributed by atoms with Crippen molar-refractivity contribution in [2.45, 2.75) is 22.7 Å². The summed E-state index contributed by atoms with van der Waals surface area (Å²) >= 11 is 3.50. The van der Waals surface area contributed by atoms with Gasteiger partial charge < -0.3 is 0 Å². The molecule has 0 aliphatic carbocycles. The zero-order chi connectivity index (χ0) is 17.2. The van der Waals surface area contributed by atoms with Crippen LogP contribution in [0.4, 0.5) is 0 Å². The van der Waals surface area contributed by atoms with E-state index < -0.39 is 15.9 Å². The molecule has 3 rings (SSSR count). The number of carbonyl (C=O) groups is 1. The van der Waals surface area contributed by atoms with Crippen LogP contribution >= 0.6 is 15.9 Å². The Labute approximate surface area is 156 Å². The molecule has 0 bridgehead atoms. The monoisotopic (exact) mass is 473 g/mol. The first-order chi connectivity index (χ1) is 11.6. The van der Waals surface area contributed by atoms with E-state index in [1.807, 2.05) is 30.3 Å². The van der Waals surface area contributed by atoms with E-state index in [1.165, 1.54) is 10.5 Å². The normalized spacial score (nSPS) is 16.9. The van der Waals surface area contributed by atoms with Crippen molar-refractivity contribution in [1.82, 2.24) is 4.31 Å². The fraction of sp³-hybridized carbons (Fsp3) is 0.235. The second-order valence-corrected chi connectivity index (χ2v) is 10.2. The van der Waals surface area contributed by atoms with Gasteiger partial charge in [-0.1, -0.05) is 0 Å². The number of carbonyl (C=O) groups excluding carboxylic acids is 1. The van der Waals surface area contributed by atoms with Crippen molar-refractivity contribution in [2.75, 3.05) is 5.33 Å². The number of rotatable bonds is 6. The average molecular weight is 473 g/mol. The summed E-state index contributed by atoms with van der Waals surface area (Å²) in [6, 6.07) is 16.1. The van der Waals surface area contributed by atoms with Gasteiger partial charge in [0, 0.05) is 0 Å². The van der Waals surface area contributed by atoms with Crippen LogP contribution in [-0.2, 0) is 10.0 Å². The van der Waals surface area contributed by atoms with Crippen LogP contribution in [0.3, 0.4) is 0 Å². The van der Waals surface area contributed by atoms with E-state index in [9.17, 15) is 13.2 Å². The zero-order valence-electron chi connectivity index (χ0n) is 12.8. The van der Waals surface area contributed by atoms with E-state index >= 15 is 0 Å². The Bertz CT molecular complexity index is 842. The quantitative estimate of drug-likeness (QED) is 0.479. The maximum absolute atomic E-state index is 12.8. The minimum absolute atomic E-state index is 0.110. The summed E-state index contributed by atoms with van der Waals surface area (Å²) in [5, 5.41) is 1.32. The molecule has 0 radical (unpaired) electrons. The van der Waals surface area contributed by atoms with Gasteiger partial charge in [0.05, 0.1) is 0 Å². The molecule has 2 aromatic carbocycles. The molecule has 0 saturated heterocycles. The number of sulfonamides is 1. The number of benzene rings is 2. The molecule has 0 fully saturated rings. The average Bonchev–Trinajstić information content (AvgIpc) is 2.80. The zero-order valence-corrected chi connectivity index (χ0v) is 16.9. The number of nitrogens with zero attached hydrogens (tertiary/aromatic N) is 1. The van der Waals surface area contributed by atoms with Gasteiger partial charge in [0.25, 0.3) is 0 Å². The number of fused-ring (bicyclic) bond motifs is 1. The first-order valence-corrected chi connectivity index (χ1v) is 12.1. The van der Waals surface area contributed by atoms with Crippen molar-refractivity contribution >= 4 is 51.3 Å². The molecule has 126 valence electrons. The van der Waals surface area contributed by atoms with E-state index in [1.54, 1.807) is 18.2 Å². The van der Waals surface area contributed by atoms with E-state index in [-0.39, 0.29) is 31.5 Å². The topological polar surface area (TPSA) is 54.5 Å². The van der Waals surface area contributed by atoms with Crippen LogP contribution in [0.15, 0.2) is 59.5 Å². The number of hydrogen-bond donors (Lipinski definition) is 0.